The molecule has 0 heterocycles. The third-order valence-corrected chi connectivity index (χ3v) is 2.45. The summed E-state index contributed by atoms with van der Waals surface area (Å²) in [7, 11) is 0. The van der Waals surface area contributed by atoms with Crippen molar-refractivity contribution in [3.8, 4) is 0 Å². The van der Waals surface area contributed by atoms with Crippen LogP contribution in [0.25, 0.3) is 0 Å². The minimum Gasteiger partial charge on any atom is -0.276 e. The van der Waals surface area contributed by atoms with Gasteiger partial charge in [-0.05, 0) is 18.2 Å². The predicted molar refractivity (Wildman–Crippen MR) is 70.7 cm³/mol. The fourth-order valence-electron chi connectivity index (χ4n) is 1.51. The normalized spacial score (nSPS) is 10.7. The van der Waals surface area contributed by atoms with Crippen LogP contribution in [-0.4, -0.2) is 11.1 Å². The van der Waals surface area contributed by atoms with Crippen molar-refractivity contribution in [1.82, 2.24) is 0 Å². The number of nitrogens with one attached hydrogen (secondary N) is 1. The van der Waals surface area contributed by atoms with Gasteiger partial charge in [-0.1, -0.05) is 12.1 Å². The van der Waals surface area contributed by atoms with Crippen molar-refractivity contribution in [2.24, 2.45) is 5.10 Å². The lowest BCUT2D eigenvalue weighted by molar-refractivity contribution is -0.385. The summed E-state index contributed by atoms with van der Waals surface area (Å²) < 4.78 is 26.0. The number of hydrazone groups is 1. The maximum Gasteiger partial charge on any atom is 0.278 e. The number of para-hydroxylation sites is 1. The van der Waals surface area contributed by atoms with Crippen LogP contribution in [0.1, 0.15) is 5.56 Å². The Labute approximate surface area is 112 Å². The van der Waals surface area contributed by atoms with Crippen molar-refractivity contribution in [2.45, 2.75) is 0 Å². The number of anilines is 1. The first-order valence-corrected chi connectivity index (χ1v) is 5.55. The molecule has 0 saturated heterocycles. The van der Waals surface area contributed by atoms with Gasteiger partial charge in [0.25, 0.3) is 5.69 Å². The summed E-state index contributed by atoms with van der Waals surface area (Å²) in [6.45, 7) is 0. The number of nitro benzene ring substituents is 1. The van der Waals surface area contributed by atoms with Crippen LogP contribution < -0.4 is 5.43 Å². The van der Waals surface area contributed by atoms with E-state index in [0.717, 1.165) is 6.07 Å². The fourth-order valence-corrected chi connectivity index (χ4v) is 1.51. The first-order valence-electron chi connectivity index (χ1n) is 5.55. The summed E-state index contributed by atoms with van der Waals surface area (Å²) in [5.41, 5.74) is 2.49. The van der Waals surface area contributed by atoms with Gasteiger partial charge in [-0.2, -0.15) is 5.10 Å². The average Bonchev–Trinajstić information content (AvgIpc) is 2.41. The highest BCUT2D eigenvalue weighted by atomic mass is 19.1. The molecule has 2 rings (SSSR count). The molecule has 0 aromatic heterocycles. The Morgan fingerprint density at radius 1 is 1.20 bits per heavy atom. The number of nitrogens with zero attached hydrogens (tertiary/aromatic N) is 2. The molecule has 0 fully saturated rings. The first kappa shape index (κ1) is 13.6. The minimum absolute atomic E-state index is 0.0266. The highest BCUT2D eigenvalue weighted by molar-refractivity contribution is 5.85. The van der Waals surface area contributed by atoms with Crippen LogP contribution in [0.5, 0.6) is 0 Å². The number of nitro groups is 1. The van der Waals surface area contributed by atoms with E-state index in [1.165, 1.54) is 30.5 Å². The van der Waals surface area contributed by atoms with E-state index in [4.69, 9.17) is 0 Å². The molecule has 0 radical (unpaired) electrons. The van der Waals surface area contributed by atoms with Gasteiger partial charge in [-0.25, -0.2) is 8.78 Å². The summed E-state index contributed by atoms with van der Waals surface area (Å²) in [6, 6.07) is 8.95. The van der Waals surface area contributed by atoms with Crippen LogP contribution in [0.3, 0.4) is 0 Å². The van der Waals surface area contributed by atoms with E-state index in [2.05, 4.69) is 10.5 Å². The number of halogens is 2. The molecular formula is C13H9F2N3O2. The molecule has 0 aliphatic heterocycles. The SMILES string of the molecule is O=[N+]([O-])c1ccccc1/C=N/Nc1ccc(F)cc1F. The fraction of sp³-hybridized carbons (Fsp3) is 0. The van der Waals surface area contributed by atoms with Crippen molar-refractivity contribution in [3.05, 3.63) is 69.8 Å². The summed E-state index contributed by atoms with van der Waals surface area (Å²) in [5, 5.41) is 14.5. The number of rotatable bonds is 4. The second kappa shape index (κ2) is 5.87. The molecule has 0 aliphatic carbocycles. The van der Waals surface area contributed by atoms with Crippen molar-refractivity contribution in [2.75, 3.05) is 5.43 Å². The van der Waals surface area contributed by atoms with Crippen LogP contribution in [-0.2, 0) is 0 Å². The van der Waals surface area contributed by atoms with Crippen LogP contribution in [0, 0.1) is 21.7 Å². The molecule has 7 heteroatoms. The molecule has 5 nitrogen and oxygen atoms in total. The molecule has 2 aromatic carbocycles. The van der Waals surface area contributed by atoms with Gasteiger partial charge in [0.15, 0.2) is 5.82 Å². The largest absolute Gasteiger partial charge is 0.278 e. The van der Waals surface area contributed by atoms with Gasteiger partial charge in [0.05, 0.1) is 22.4 Å². The monoisotopic (exact) mass is 277 g/mol. The third kappa shape index (κ3) is 3.14. The van der Waals surface area contributed by atoms with Crippen molar-refractivity contribution < 1.29 is 13.7 Å². The Bertz CT molecular complexity index is 674. The van der Waals surface area contributed by atoms with Crippen molar-refractivity contribution >= 4 is 17.6 Å². The Kier molecular flexibility index (Phi) is 3.99. The van der Waals surface area contributed by atoms with E-state index in [9.17, 15) is 18.9 Å². The van der Waals surface area contributed by atoms with E-state index in [-0.39, 0.29) is 16.9 Å². The van der Waals surface area contributed by atoms with Gasteiger partial charge in [0.2, 0.25) is 0 Å². The predicted octanol–water partition coefficient (Wildman–Crippen LogP) is 3.32. The molecular weight excluding hydrogens is 268 g/mol. The lowest BCUT2D eigenvalue weighted by atomic mass is 10.2. The summed E-state index contributed by atoms with van der Waals surface area (Å²) >= 11 is 0. The van der Waals surface area contributed by atoms with Gasteiger partial charge >= 0.3 is 0 Å². The zero-order valence-corrected chi connectivity index (χ0v) is 10.1. The maximum atomic E-state index is 13.3. The van der Waals surface area contributed by atoms with Crippen LogP contribution >= 0.6 is 0 Å². The Morgan fingerprint density at radius 2 is 1.95 bits per heavy atom. The molecule has 0 aliphatic rings. The second-order valence-electron chi connectivity index (χ2n) is 3.81. The standard InChI is InChI=1S/C13H9F2N3O2/c14-10-5-6-12(11(15)7-10)17-16-8-9-3-1-2-4-13(9)18(19)20/h1-8,17H/b16-8+. The topological polar surface area (TPSA) is 67.5 Å². The molecule has 1 N–H and O–H groups in total. The van der Waals surface area contributed by atoms with Crippen molar-refractivity contribution in [1.29, 1.82) is 0 Å². The Hall–Kier alpha value is -2.83. The van der Waals surface area contributed by atoms with Crippen LogP contribution in [0.15, 0.2) is 47.6 Å². The Balaban J connectivity index is 2.16. The number of benzene rings is 2. The molecule has 0 atom stereocenters. The zero-order valence-electron chi connectivity index (χ0n) is 10.1. The maximum absolute atomic E-state index is 13.3. The highest BCUT2D eigenvalue weighted by Gasteiger charge is 2.10. The lowest BCUT2D eigenvalue weighted by Gasteiger charge is -2.01. The van der Waals surface area contributed by atoms with E-state index in [1.807, 2.05) is 0 Å². The van der Waals surface area contributed by atoms with Gasteiger partial charge < -0.3 is 0 Å². The number of hydrogen-bond acceptors (Lipinski definition) is 4. The summed E-state index contributed by atoms with van der Waals surface area (Å²) in [6.07, 6.45) is 1.20. The molecule has 102 valence electrons. The zero-order chi connectivity index (χ0) is 14.5. The Morgan fingerprint density at radius 3 is 2.65 bits per heavy atom. The minimum atomic E-state index is -0.801. The first-order chi connectivity index (χ1) is 9.58. The van der Waals surface area contributed by atoms with Crippen LogP contribution in [0.2, 0.25) is 0 Å². The quantitative estimate of drug-likeness (QED) is 0.529. The van der Waals surface area contributed by atoms with Gasteiger partial charge in [0.1, 0.15) is 5.82 Å². The molecule has 2 aromatic rings. The molecule has 0 saturated carbocycles. The van der Waals surface area contributed by atoms with Crippen LogP contribution in [0.4, 0.5) is 20.2 Å². The third-order valence-electron chi connectivity index (χ3n) is 2.45. The lowest BCUT2D eigenvalue weighted by Crippen LogP contribution is -1.97. The molecule has 20 heavy (non-hydrogen) atoms. The van der Waals surface area contributed by atoms with Gasteiger partial charge in [-0.3, -0.25) is 15.5 Å². The van der Waals surface area contributed by atoms with E-state index in [1.54, 1.807) is 6.07 Å². The molecule has 0 unspecified atom stereocenters. The molecule has 0 amide bonds. The number of hydrogen-bond donors (Lipinski definition) is 1. The average molecular weight is 277 g/mol. The summed E-state index contributed by atoms with van der Waals surface area (Å²) in [4.78, 5) is 10.2. The van der Waals surface area contributed by atoms with Gasteiger partial charge in [0, 0.05) is 12.1 Å². The summed E-state index contributed by atoms with van der Waals surface area (Å²) in [5.74, 6) is -1.50. The van der Waals surface area contributed by atoms with E-state index in [0.29, 0.717) is 6.07 Å². The highest BCUT2D eigenvalue weighted by Crippen LogP contribution is 2.17. The molecule has 0 bridgehead atoms. The van der Waals surface area contributed by atoms with Gasteiger partial charge in [-0.15, -0.1) is 0 Å². The van der Waals surface area contributed by atoms with E-state index >= 15 is 0 Å². The van der Waals surface area contributed by atoms with Crippen molar-refractivity contribution in [3.63, 3.8) is 0 Å². The smallest absolute Gasteiger partial charge is 0.276 e. The second-order valence-corrected chi connectivity index (χ2v) is 3.81. The van der Waals surface area contributed by atoms with E-state index < -0.39 is 16.6 Å². The molecule has 0 spiro atoms.